The average Bonchev–Trinajstić information content (AvgIpc) is 2.15. The molecule has 0 aliphatic heterocycles. The summed E-state index contributed by atoms with van der Waals surface area (Å²) in [6.07, 6.45) is -0.0230. The topological polar surface area (TPSA) is 54.4 Å². The van der Waals surface area contributed by atoms with Gasteiger partial charge in [0, 0.05) is 17.0 Å². The number of halogens is 1. The number of aliphatic carboxylic acids is 1. The summed E-state index contributed by atoms with van der Waals surface area (Å²) >= 11 is 5.80. The van der Waals surface area contributed by atoms with Crippen LogP contribution in [0, 0.1) is 12.3 Å². The molecule has 3 nitrogen and oxygen atoms in total. The second-order valence-electron chi connectivity index (χ2n) is 4.75. The molecule has 1 rings (SSSR count). The molecule has 0 fully saturated rings. The number of Topliss-reactive ketones (excluding diaryl/α,β-unsaturated/α-hetero) is 1. The lowest BCUT2D eigenvalue weighted by atomic mass is 9.85. The van der Waals surface area contributed by atoms with E-state index in [0.29, 0.717) is 10.6 Å². The predicted molar refractivity (Wildman–Crippen MR) is 66.6 cm³/mol. The van der Waals surface area contributed by atoms with Crippen LogP contribution in [-0.2, 0) is 4.79 Å². The molecule has 0 amide bonds. The first-order valence-corrected chi connectivity index (χ1v) is 5.64. The maximum absolute atomic E-state index is 12.0. The van der Waals surface area contributed by atoms with E-state index in [1.807, 2.05) is 0 Å². The summed E-state index contributed by atoms with van der Waals surface area (Å²) in [6.45, 7) is 4.86. The molecule has 0 unspecified atom stereocenters. The lowest BCUT2D eigenvalue weighted by Gasteiger charge is -2.18. The highest BCUT2D eigenvalue weighted by Gasteiger charge is 2.30. The highest BCUT2D eigenvalue weighted by molar-refractivity contribution is 6.30. The Morgan fingerprint density at radius 3 is 2.41 bits per heavy atom. The van der Waals surface area contributed by atoms with Gasteiger partial charge in [0.15, 0.2) is 5.78 Å². The fourth-order valence-corrected chi connectivity index (χ4v) is 1.74. The molecule has 0 bridgehead atoms. The van der Waals surface area contributed by atoms with E-state index in [4.69, 9.17) is 16.7 Å². The van der Waals surface area contributed by atoms with Crippen LogP contribution in [0.5, 0.6) is 0 Å². The maximum Gasteiger partial charge on any atom is 0.309 e. The Hall–Kier alpha value is -1.35. The van der Waals surface area contributed by atoms with E-state index < -0.39 is 11.4 Å². The van der Waals surface area contributed by atoms with Gasteiger partial charge in [0.05, 0.1) is 5.41 Å². The first-order chi connectivity index (χ1) is 7.74. The number of rotatable bonds is 4. The van der Waals surface area contributed by atoms with Crippen LogP contribution >= 0.6 is 11.6 Å². The van der Waals surface area contributed by atoms with Crippen molar-refractivity contribution >= 4 is 23.4 Å². The van der Waals surface area contributed by atoms with Crippen molar-refractivity contribution in [2.75, 3.05) is 0 Å². The molecule has 0 heterocycles. The number of ketones is 1. The summed E-state index contributed by atoms with van der Waals surface area (Å²) in [6, 6.07) is 4.97. The summed E-state index contributed by atoms with van der Waals surface area (Å²) in [4.78, 5) is 22.9. The molecule has 0 saturated carbocycles. The molecule has 92 valence electrons. The van der Waals surface area contributed by atoms with Crippen molar-refractivity contribution in [2.24, 2.45) is 5.41 Å². The van der Waals surface area contributed by atoms with Crippen molar-refractivity contribution in [3.63, 3.8) is 0 Å². The molecule has 0 aliphatic carbocycles. The van der Waals surface area contributed by atoms with Gasteiger partial charge in [-0.25, -0.2) is 0 Å². The van der Waals surface area contributed by atoms with Gasteiger partial charge in [0.2, 0.25) is 0 Å². The number of carbonyl (C=O) groups is 2. The van der Waals surface area contributed by atoms with Crippen molar-refractivity contribution in [2.45, 2.75) is 27.2 Å². The number of hydrogen-bond acceptors (Lipinski definition) is 2. The third kappa shape index (κ3) is 3.30. The standard InChI is InChI=1S/C13H15ClO3/c1-8-6-9(14)4-5-10(8)11(15)7-13(2,3)12(16)17/h4-6H,7H2,1-3H3,(H,16,17). The quantitative estimate of drug-likeness (QED) is 0.839. The molecular weight excluding hydrogens is 240 g/mol. The molecule has 0 radical (unpaired) electrons. The number of carboxylic acids is 1. The second-order valence-corrected chi connectivity index (χ2v) is 5.18. The van der Waals surface area contributed by atoms with Gasteiger partial charge in [0.1, 0.15) is 0 Å². The van der Waals surface area contributed by atoms with Crippen LogP contribution in [0.15, 0.2) is 18.2 Å². The molecule has 17 heavy (non-hydrogen) atoms. The van der Waals surface area contributed by atoms with Crippen LogP contribution in [0.25, 0.3) is 0 Å². The maximum atomic E-state index is 12.0. The fraction of sp³-hybridized carbons (Fsp3) is 0.385. The highest BCUT2D eigenvalue weighted by Crippen LogP contribution is 2.25. The fourth-order valence-electron chi connectivity index (χ4n) is 1.51. The molecule has 1 N–H and O–H groups in total. The highest BCUT2D eigenvalue weighted by atomic mass is 35.5. The number of carbonyl (C=O) groups excluding carboxylic acids is 1. The molecule has 1 aromatic carbocycles. The third-order valence-electron chi connectivity index (χ3n) is 2.67. The van der Waals surface area contributed by atoms with E-state index in [1.165, 1.54) is 0 Å². The van der Waals surface area contributed by atoms with Crippen LogP contribution in [-0.4, -0.2) is 16.9 Å². The van der Waals surface area contributed by atoms with Gasteiger partial charge in [-0.3, -0.25) is 9.59 Å². The summed E-state index contributed by atoms with van der Waals surface area (Å²) < 4.78 is 0. The largest absolute Gasteiger partial charge is 0.481 e. The zero-order chi connectivity index (χ0) is 13.2. The minimum absolute atomic E-state index is 0.0230. The minimum Gasteiger partial charge on any atom is -0.481 e. The molecule has 0 spiro atoms. The number of hydrogen-bond donors (Lipinski definition) is 1. The van der Waals surface area contributed by atoms with Gasteiger partial charge in [-0.05, 0) is 44.5 Å². The van der Waals surface area contributed by atoms with Gasteiger partial charge in [-0.1, -0.05) is 11.6 Å². The van der Waals surface area contributed by atoms with Gasteiger partial charge in [-0.15, -0.1) is 0 Å². The molecular formula is C13H15ClO3. The van der Waals surface area contributed by atoms with E-state index >= 15 is 0 Å². The molecule has 4 heteroatoms. The number of benzene rings is 1. The van der Waals surface area contributed by atoms with Crippen molar-refractivity contribution in [1.29, 1.82) is 0 Å². The third-order valence-corrected chi connectivity index (χ3v) is 2.91. The van der Waals surface area contributed by atoms with Crippen molar-refractivity contribution in [1.82, 2.24) is 0 Å². The minimum atomic E-state index is -1.05. The van der Waals surface area contributed by atoms with E-state index in [1.54, 1.807) is 39.0 Å². The van der Waals surface area contributed by atoms with Crippen LogP contribution < -0.4 is 0 Å². The number of carboxylic acid groups (broad SMARTS) is 1. The molecule has 0 aromatic heterocycles. The van der Waals surface area contributed by atoms with Gasteiger partial charge in [0.25, 0.3) is 0 Å². The summed E-state index contributed by atoms with van der Waals surface area (Å²) in [5.41, 5.74) is 0.246. The van der Waals surface area contributed by atoms with E-state index in [9.17, 15) is 9.59 Å². The average molecular weight is 255 g/mol. The zero-order valence-corrected chi connectivity index (χ0v) is 10.8. The Morgan fingerprint density at radius 1 is 1.35 bits per heavy atom. The van der Waals surface area contributed by atoms with Gasteiger partial charge in [-0.2, -0.15) is 0 Å². The summed E-state index contributed by atoms with van der Waals surface area (Å²) in [5, 5.41) is 9.54. The zero-order valence-electron chi connectivity index (χ0n) is 10.1. The first kappa shape index (κ1) is 13.7. The molecule has 1 aromatic rings. The van der Waals surface area contributed by atoms with E-state index in [-0.39, 0.29) is 12.2 Å². The Labute approximate surface area is 105 Å². The van der Waals surface area contributed by atoms with Gasteiger partial charge >= 0.3 is 5.97 Å². The smallest absolute Gasteiger partial charge is 0.309 e. The van der Waals surface area contributed by atoms with Crippen molar-refractivity contribution in [3.05, 3.63) is 34.3 Å². The molecule has 0 atom stereocenters. The van der Waals surface area contributed by atoms with E-state index in [2.05, 4.69) is 0 Å². The Kier molecular flexibility index (Phi) is 3.94. The van der Waals surface area contributed by atoms with Crippen LogP contribution in [0.4, 0.5) is 0 Å². The van der Waals surface area contributed by atoms with Crippen LogP contribution in [0.1, 0.15) is 36.2 Å². The van der Waals surface area contributed by atoms with Crippen LogP contribution in [0.2, 0.25) is 5.02 Å². The predicted octanol–water partition coefficient (Wildman–Crippen LogP) is 3.33. The first-order valence-electron chi connectivity index (χ1n) is 5.27. The molecule has 0 saturated heterocycles. The van der Waals surface area contributed by atoms with Crippen LogP contribution in [0.3, 0.4) is 0 Å². The number of aryl methyl sites for hydroxylation is 1. The van der Waals surface area contributed by atoms with Crippen molar-refractivity contribution < 1.29 is 14.7 Å². The van der Waals surface area contributed by atoms with Gasteiger partial charge < -0.3 is 5.11 Å². The SMILES string of the molecule is Cc1cc(Cl)ccc1C(=O)CC(C)(C)C(=O)O. The lowest BCUT2D eigenvalue weighted by Crippen LogP contribution is -2.27. The summed E-state index contributed by atoms with van der Waals surface area (Å²) in [7, 11) is 0. The molecule has 0 aliphatic rings. The second kappa shape index (κ2) is 4.88. The lowest BCUT2D eigenvalue weighted by molar-refractivity contribution is -0.146. The Bertz CT molecular complexity index is 464. The normalized spacial score (nSPS) is 11.3. The van der Waals surface area contributed by atoms with Crippen molar-refractivity contribution in [3.8, 4) is 0 Å². The Balaban J connectivity index is 2.95. The Morgan fingerprint density at radius 2 is 1.94 bits per heavy atom. The van der Waals surface area contributed by atoms with E-state index in [0.717, 1.165) is 5.56 Å². The summed E-state index contributed by atoms with van der Waals surface area (Å²) in [5.74, 6) is -1.15. The monoisotopic (exact) mass is 254 g/mol.